The SMILES string of the molecule is O=C(c1ccon1)N1CCC(CBr)C1. The van der Waals surface area contributed by atoms with Crippen molar-refractivity contribution in [2.75, 3.05) is 18.4 Å². The second-order valence-corrected chi connectivity index (χ2v) is 4.09. The van der Waals surface area contributed by atoms with Crippen molar-refractivity contribution < 1.29 is 9.32 Å². The van der Waals surface area contributed by atoms with Crippen molar-refractivity contribution in [3.05, 3.63) is 18.0 Å². The summed E-state index contributed by atoms with van der Waals surface area (Å²) < 4.78 is 4.64. The Kier molecular flexibility index (Phi) is 2.86. The van der Waals surface area contributed by atoms with Crippen LogP contribution >= 0.6 is 15.9 Å². The van der Waals surface area contributed by atoms with Gasteiger partial charge < -0.3 is 9.42 Å². The summed E-state index contributed by atoms with van der Waals surface area (Å²) in [6.45, 7) is 1.64. The summed E-state index contributed by atoms with van der Waals surface area (Å²) in [5.74, 6) is 0.549. The number of hydrogen-bond acceptors (Lipinski definition) is 3. The van der Waals surface area contributed by atoms with Crippen molar-refractivity contribution in [1.29, 1.82) is 0 Å². The number of carbonyl (C=O) groups excluding carboxylic acids is 1. The number of carbonyl (C=O) groups is 1. The lowest BCUT2D eigenvalue weighted by atomic mass is 10.2. The minimum atomic E-state index is -0.0257. The largest absolute Gasteiger partial charge is 0.364 e. The fourth-order valence-electron chi connectivity index (χ4n) is 1.63. The molecule has 1 fully saturated rings. The molecule has 1 atom stereocenters. The van der Waals surface area contributed by atoms with Gasteiger partial charge in [0.15, 0.2) is 5.69 Å². The Balaban J connectivity index is 2.00. The third-order valence-electron chi connectivity index (χ3n) is 2.45. The van der Waals surface area contributed by atoms with Crippen LogP contribution in [0.25, 0.3) is 0 Å². The van der Waals surface area contributed by atoms with Gasteiger partial charge in [0.25, 0.3) is 5.91 Å². The van der Waals surface area contributed by atoms with Gasteiger partial charge in [-0.25, -0.2) is 0 Å². The van der Waals surface area contributed by atoms with E-state index in [2.05, 4.69) is 25.6 Å². The maximum absolute atomic E-state index is 11.8. The van der Waals surface area contributed by atoms with Gasteiger partial charge in [0, 0.05) is 24.5 Å². The summed E-state index contributed by atoms with van der Waals surface area (Å²) in [5, 5.41) is 4.59. The summed E-state index contributed by atoms with van der Waals surface area (Å²) in [6.07, 6.45) is 2.49. The third-order valence-corrected chi connectivity index (χ3v) is 3.36. The van der Waals surface area contributed by atoms with Crippen molar-refractivity contribution in [3.8, 4) is 0 Å². The topological polar surface area (TPSA) is 46.3 Å². The summed E-state index contributed by atoms with van der Waals surface area (Å²) in [5.41, 5.74) is 0.403. The minimum Gasteiger partial charge on any atom is -0.364 e. The highest BCUT2D eigenvalue weighted by Gasteiger charge is 2.27. The maximum atomic E-state index is 11.8. The molecule has 2 heterocycles. The summed E-state index contributed by atoms with van der Waals surface area (Å²) >= 11 is 3.43. The predicted molar refractivity (Wildman–Crippen MR) is 54.3 cm³/mol. The molecule has 0 N–H and O–H groups in total. The van der Waals surface area contributed by atoms with E-state index in [4.69, 9.17) is 0 Å². The van der Waals surface area contributed by atoms with Gasteiger partial charge in [-0.05, 0) is 12.3 Å². The van der Waals surface area contributed by atoms with Crippen LogP contribution in [0.3, 0.4) is 0 Å². The van der Waals surface area contributed by atoms with Crippen molar-refractivity contribution in [2.24, 2.45) is 5.92 Å². The zero-order chi connectivity index (χ0) is 9.97. The van der Waals surface area contributed by atoms with E-state index in [0.717, 1.165) is 24.8 Å². The van der Waals surface area contributed by atoms with Crippen molar-refractivity contribution >= 4 is 21.8 Å². The van der Waals surface area contributed by atoms with Gasteiger partial charge in [0.05, 0.1) is 0 Å². The monoisotopic (exact) mass is 258 g/mol. The molecule has 5 heteroatoms. The third kappa shape index (κ3) is 1.82. The molecule has 0 aliphatic carbocycles. The standard InChI is InChI=1S/C9H11BrN2O2/c10-5-7-1-3-12(6-7)9(13)8-2-4-14-11-8/h2,4,7H,1,3,5-6H2. The van der Waals surface area contributed by atoms with Gasteiger partial charge in [-0.3, -0.25) is 4.79 Å². The second kappa shape index (κ2) is 4.13. The normalized spacial score (nSPS) is 21.5. The predicted octanol–water partition coefficient (Wildman–Crippen LogP) is 1.53. The average molecular weight is 259 g/mol. The molecular formula is C9H11BrN2O2. The number of amides is 1. The molecule has 0 aromatic carbocycles. The van der Waals surface area contributed by atoms with E-state index >= 15 is 0 Å². The van der Waals surface area contributed by atoms with Crippen LogP contribution in [0.15, 0.2) is 16.9 Å². The van der Waals surface area contributed by atoms with E-state index in [1.807, 2.05) is 4.90 Å². The van der Waals surface area contributed by atoms with Crippen LogP contribution in [0.1, 0.15) is 16.9 Å². The lowest BCUT2D eigenvalue weighted by Gasteiger charge is -2.13. The van der Waals surface area contributed by atoms with Crippen molar-refractivity contribution in [3.63, 3.8) is 0 Å². The molecule has 1 aliphatic heterocycles. The number of aromatic nitrogens is 1. The maximum Gasteiger partial charge on any atom is 0.276 e. The fraction of sp³-hybridized carbons (Fsp3) is 0.556. The zero-order valence-electron chi connectivity index (χ0n) is 7.65. The molecule has 2 rings (SSSR count). The van der Waals surface area contributed by atoms with E-state index in [0.29, 0.717) is 11.6 Å². The summed E-state index contributed by atoms with van der Waals surface area (Å²) in [6, 6.07) is 1.60. The van der Waals surface area contributed by atoms with E-state index in [1.54, 1.807) is 6.07 Å². The van der Waals surface area contributed by atoms with Crippen LogP contribution in [-0.2, 0) is 0 Å². The second-order valence-electron chi connectivity index (χ2n) is 3.44. The van der Waals surface area contributed by atoms with Crippen LogP contribution in [0.4, 0.5) is 0 Å². The smallest absolute Gasteiger partial charge is 0.276 e. The van der Waals surface area contributed by atoms with Crippen LogP contribution in [0.2, 0.25) is 0 Å². The molecule has 0 spiro atoms. The molecule has 1 amide bonds. The Hall–Kier alpha value is -0.840. The molecule has 0 saturated carbocycles. The number of likely N-dealkylation sites (tertiary alicyclic amines) is 1. The van der Waals surface area contributed by atoms with Crippen molar-refractivity contribution in [1.82, 2.24) is 10.1 Å². The first-order chi connectivity index (χ1) is 6.81. The number of halogens is 1. The van der Waals surface area contributed by atoms with Crippen LogP contribution in [0.5, 0.6) is 0 Å². The molecule has 0 radical (unpaired) electrons. The van der Waals surface area contributed by atoms with E-state index < -0.39 is 0 Å². The summed E-state index contributed by atoms with van der Waals surface area (Å²) in [4.78, 5) is 13.6. The van der Waals surface area contributed by atoms with Gasteiger partial charge in [0.1, 0.15) is 6.26 Å². The first kappa shape index (κ1) is 9.71. The van der Waals surface area contributed by atoms with Gasteiger partial charge in [-0.2, -0.15) is 0 Å². The van der Waals surface area contributed by atoms with Crippen molar-refractivity contribution in [2.45, 2.75) is 6.42 Å². The van der Waals surface area contributed by atoms with Crippen LogP contribution < -0.4 is 0 Å². The van der Waals surface area contributed by atoms with Gasteiger partial charge in [-0.1, -0.05) is 21.1 Å². The molecule has 1 saturated heterocycles. The Morgan fingerprint density at radius 3 is 3.21 bits per heavy atom. The van der Waals surface area contributed by atoms with E-state index in [1.165, 1.54) is 6.26 Å². The molecule has 14 heavy (non-hydrogen) atoms. The fourth-order valence-corrected chi connectivity index (χ4v) is 2.16. The van der Waals surface area contributed by atoms with E-state index in [9.17, 15) is 4.79 Å². The molecule has 1 aromatic heterocycles. The number of hydrogen-bond donors (Lipinski definition) is 0. The number of rotatable bonds is 2. The minimum absolute atomic E-state index is 0.0257. The zero-order valence-corrected chi connectivity index (χ0v) is 9.24. The lowest BCUT2D eigenvalue weighted by Crippen LogP contribution is -2.29. The Bertz CT molecular complexity index is 313. The first-order valence-electron chi connectivity index (χ1n) is 4.57. The van der Waals surface area contributed by atoms with Gasteiger partial charge in [-0.15, -0.1) is 0 Å². The lowest BCUT2D eigenvalue weighted by molar-refractivity contribution is 0.0778. The molecule has 1 aliphatic rings. The molecule has 4 nitrogen and oxygen atoms in total. The van der Waals surface area contributed by atoms with Crippen LogP contribution in [-0.4, -0.2) is 34.4 Å². The molecule has 1 aromatic rings. The average Bonchev–Trinajstić information content (AvgIpc) is 2.88. The highest BCUT2D eigenvalue weighted by molar-refractivity contribution is 9.09. The Labute approximate surface area is 90.4 Å². The van der Waals surface area contributed by atoms with E-state index in [-0.39, 0.29) is 5.91 Å². The molecule has 76 valence electrons. The number of alkyl halides is 1. The molecule has 1 unspecified atom stereocenters. The van der Waals surface area contributed by atoms with Gasteiger partial charge >= 0.3 is 0 Å². The highest BCUT2D eigenvalue weighted by Crippen LogP contribution is 2.19. The van der Waals surface area contributed by atoms with Gasteiger partial charge in [0.2, 0.25) is 0 Å². The summed E-state index contributed by atoms with van der Waals surface area (Å²) in [7, 11) is 0. The highest BCUT2D eigenvalue weighted by atomic mass is 79.9. The first-order valence-corrected chi connectivity index (χ1v) is 5.69. The Morgan fingerprint density at radius 1 is 1.79 bits per heavy atom. The molecular weight excluding hydrogens is 248 g/mol. The van der Waals surface area contributed by atoms with Crippen LogP contribution in [0, 0.1) is 5.92 Å². The Morgan fingerprint density at radius 2 is 2.64 bits per heavy atom. The quantitative estimate of drug-likeness (QED) is 0.756. The number of nitrogens with zero attached hydrogens (tertiary/aromatic N) is 2. The molecule has 0 bridgehead atoms.